The third kappa shape index (κ3) is 6.33. The number of amides is 1. The lowest BCUT2D eigenvalue weighted by Crippen LogP contribution is -2.40. The van der Waals surface area contributed by atoms with Crippen LogP contribution in [-0.4, -0.2) is 64.7 Å². The largest absolute Gasteiger partial charge is 0.492 e. The molecule has 1 fully saturated rings. The summed E-state index contributed by atoms with van der Waals surface area (Å²) in [5, 5.41) is 3.28. The number of nitrogens with one attached hydrogen (secondary N) is 1. The van der Waals surface area contributed by atoms with Crippen molar-refractivity contribution in [1.29, 1.82) is 0 Å². The van der Waals surface area contributed by atoms with Crippen LogP contribution in [0, 0.1) is 0 Å². The number of hydrogen-bond donors (Lipinski definition) is 1. The minimum atomic E-state index is -3.53. The van der Waals surface area contributed by atoms with Gasteiger partial charge in [-0.15, -0.1) is 0 Å². The van der Waals surface area contributed by atoms with Crippen molar-refractivity contribution in [1.82, 2.24) is 9.62 Å². The zero-order valence-corrected chi connectivity index (χ0v) is 17.8. The van der Waals surface area contributed by atoms with Crippen LogP contribution in [0.3, 0.4) is 0 Å². The number of morpholine rings is 1. The first-order valence-electron chi connectivity index (χ1n) is 9.41. The highest BCUT2D eigenvalue weighted by molar-refractivity contribution is 7.89. The lowest BCUT2D eigenvalue weighted by atomic mass is 10.3. The minimum absolute atomic E-state index is 0.115. The van der Waals surface area contributed by atoms with Crippen molar-refractivity contribution >= 4 is 27.5 Å². The highest BCUT2D eigenvalue weighted by Crippen LogP contribution is 2.20. The van der Waals surface area contributed by atoms with Crippen molar-refractivity contribution < 1.29 is 27.4 Å². The molecule has 8 nitrogen and oxygen atoms in total. The van der Waals surface area contributed by atoms with Gasteiger partial charge in [-0.05, 0) is 48.5 Å². The average molecular weight is 455 g/mol. The predicted molar refractivity (Wildman–Crippen MR) is 111 cm³/mol. The maximum atomic E-state index is 12.6. The number of rotatable bonds is 9. The quantitative estimate of drug-likeness (QED) is 0.582. The summed E-state index contributed by atoms with van der Waals surface area (Å²) >= 11 is 5.79. The molecule has 2 aromatic rings. The summed E-state index contributed by atoms with van der Waals surface area (Å²) in [6.07, 6.45) is 0. The van der Waals surface area contributed by atoms with Gasteiger partial charge >= 0.3 is 0 Å². The highest BCUT2D eigenvalue weighted by atomic mass is 35.5. The third-order valence-corrected chi connectivity index (χ3v) is 6.47. The van der Waals surface area contributed by atoms with Gasteiger partial charge in [-0.25, -0.2) is 8.42 Å². The molecule has 0 aliphatic carbocycles. The zero-order chi connectivity index (χ0) is 21.4. The van der Waals surface area contributed by atoms with E-state index < -0.39 is 10.0 Å². The molecule has 3 rings (SSSR count). The Bertz CT molecular complexity index is 929. The van der Waals surface area contributed by atoms with Crippen molar-refractivity contribution in [2.24, 2.45) is 0 Å². The second-order valence-corrected chi connectivity index (χ2v) is 8.80. The molecule has 0 radical (unpaired) electrons. The average Bonchev–Trinajstić information content (AvgIpc) is 2.77. The van der Waals surface area contributed by atoms with E-state index >= 15 is 0 Å². The van der Waals surface area contributed by atoms with Gasteiger partial charge in [0.2, 0.25) is 10.0 Å². The van der Waals surface area contributed by atoms with Gasteiger partial charge in [0.1, 0.15) is 18.1 Å². The topological polar surface area (TPSA) is 94.2 Å². The van der Waals surface area contributed by atoms with Gasteiger partial charge in [0.05, 0.1) is 24.7 Å². The normalized spacial score (nSPS) is 14.8. The maximum absolute atomic E-state index is 12.6. The lowest BCUT2D eigenvalue weighted by molar-refractivity contribution is -0.123. The molecule has 1 saturated heterocycles. The molecular formula is C20H23ClN2O6S. The van der Waals surface area contributed by atoms with E-state index in [4.69, 9.17) is 25.8 Å². The molecule has 0 spiro atoms. The van der Waals surface area contributed by atoms with Gasteiger partial charge in [-0.1, -0.05) is 11.6 Å². The molecule has 1 heterocycles. The van der Waals surface area contributed by atoms with Crippen molar-refractivity contribution in [2.75, 3.05) is 46.1 Å². The van der Waals surface area contributed by atoms with Crippen molar-refractivity contribution in [3.05, 3.63) is 53.6 Å². The molecule has 10 heteroatoms. The third-order valence-electron chi connectivity index (χ3n) is 4.31. The van der Waals surface area contributed by atoms with Crippen LogP contribution in [0.15, 0.2) is 53.4 Å². The van der Waals surface area contributed by atoms with E-state index in [9.17, 15) is 13.2 Å². The monoisotopic (exact) mass is 454 g/mol. The molecule has 1 aliphatic rings. The molecule has 0 atom stereocenters. The SMILES string of the molecule is O=C(COc1ccc(Cl)cc1)NCCOc1ccc(S(=O)(=O)N2CCOCC2)cc1. The minimum Gasteiger partial charge on any atom is -0.492 e. The molecule has 0 bridgehead atoms. The molecule has 30 heavy (non-hydrogen) atoms. The summed E-state index contributed by atoms with van der Waals surface area (Å²) in [7, 11) is -3.53. The number of ether oxygens (including phenoxy) is 3. The van der Waals surface area contributed by atoms with E-state index in [1.165, 1.54) is 16.4 Å². The first-order chi connectivity index (χ1) is 14.4. The summed E-state index contributed by atoms with van der Waals surface area (Å²) in [6, 6.07) is 12.9. The number of carbonyl (C=O) groups is 1. The number of hydrogen-bond acceptors (Lipinski definition) is 6. The van der Waals surface area contributed by atoms with Gasteiger partial charge in [0.15, 0.2) is 6.61 Å². The molecule has 1 amide bonds. The number of sulfonamides is 1. The molecule has 0 aromatic heterocycles. The van der Waals surface area contributed by atoms with Gasteiger partial charge in [0.25, 0.3) is 5.91 Å². The molecule has 0 saturated carbocycles. The molecule has 0 unspecified atom stereocenters. The van der Waals surface area contributed by atoms with Gasteiger partial charge < -0.3 is 19.5 Å². The Balaban J connectivity index is 1.38. The summed E-state index contributed by atoms with van der Waals surface area (Å²) in [5.74, 6) is 0.793. The lowest BCUT2D eigenvalue weighted by Gasteiger charge is -2.26. The Kier molecular flexibility index (Phi) is 7.92. The fourth-order valence-corrected chi connectivity index (χ4v) is 4.27. The van der Waals surface area contributed by atoms with Gasteiger partial charge in [-0.3, -0.25) is 4.79 Å². The van der Waals surface area contributed by atoms with Crippen molar-refractivity contribution in [2.45, 2.75) is 4.90 Å². The van der Waals surface area contributed by atoms with Crippen LogP contribution in [0.2, 0.25) is 5.02 Å². The van der Waals surface area contributed by atoms with E-state index in [1.54, 1.807) is 36.4 Å². The van der Waals surface area contributed by atoms with Crippen LogP contribution in [-0.2, 0) is 19.6 Å². The van der Waals surface area contributed by atoms with Crippen molar-refractivity contribution in [3.63, 3.8) is 0 Å². The number of halogens is 1. The van der Waals surface area contributed by atoms with Gasteiger partial charge in [-0.2, -0.15) is 4.31 Å². The van der Waals surface area contributed by atoms with E-state index in [2.05, 4.69) is 5.32 Å². The first-order valence-corrected chi connectivity index (χ1v) is 11.2. The fourth-order valence-electron chi connectivity index (χ4n) is 2.73. The Morgan fingerprint density at radius 2 is 1.60 bits per heavy atom. The number of nitrogens with zero attached hydrogens (tertiary/aromatic N) is 1. The summed E-state index contributed by atoms with van der Waals surface area (Å²) in [6.45, 7) is 1.91. The Hall–Kier alpha value is -2.33. The van der Waals surface area contributed by atoms with Crippen molar-refractivity contribution in [3.8, 4) is 11.5 Å². The maximum Gasteiger partial charge on any atom is 0.258 e. The smallest absolute Gasteiger partial charge is 0.258 e. The molecular weight excluding hydrogens is 432 g/mol. The molecule has 2 aromatic carbocycles. The Morgan fingerprint density at radius 3 is 2.27 bits per heavy atom. The Labute approximate surface area is 180 Å². The second-order valence-electron chi connectivity index (χ2n) is 6.43. The van der Waals surface area contributed by atoms with Crippen LogP contribution in [0.4, 0.5) is 0 Å². The molecule has 162 valence electrons. The van der Waals surface area contributed by atoms with Crippen LogP contribution in [0.25, 0.3) is 0 Å². The highest BCUT2D eigenvalue weighted by Gasteiger charge is 2.26. The standard InChI is InChI=1S/C20H23ClN2O6S/c21-16-1-3-18(4-2-16)29-15-20(24)22-9-12-28-17-5-7-19(8-6-17)30(25,26)23-10-13-27-14-11-23/h1-8H,9-15H2,(H,22,24). The van der Waals surface area contributed by atoms with Crippen LogP contribution in [0.1, 0.15) is 0 Å². The first kappa shape index (κ1) is 22.4. The zero-order valence-electron chi connectivity index (χ0n) is 16.3. The number of carbonyl (C=O) groups excluding carboxylic acids is 1. The number of benzene rings is 2. The van der Waals surface area contributed by atoms with E-state index in [1.807, 2.05) is 0 Å². The van der Waals surface area contributed by atoms with Gasteiger partial charge in [0, 0.05) is 18.1 Å². The summed E-state index contributed by atoms with van der Waals surface area (Å²) in [4.78, 5) is 12.0. The molecule has 1 aliphatic heterocycles. The fraction of sp³-hybridized carbons (Fsp3) is 0.350. The van der Waals surface area contributed by atoms with E-state index in [0.29, 0.717) is 42.8 Å². The van der Waals surface area contributed by atoms with Crippen LogP contribution < -0.4 is 14.8 Å². The van der Waals surface area contributed by atoms with Crippen LogP contribution in [0.5, 0.6) is 11.5 Å². The molecule has 1 N–H and O–H groups in total. The van der Waals surface area contributed by atoms with Crippen LogP contribution >= 0.6 is 11.6 Å². The van der Waals surface area contributed by atoms with E-state index in [0.717, 1.165) is 0 Å². The summed E-state index contributed by atoms with van der Waals surface area (Å²) in [5.41, 5.74) is 0. The predicted octanol–water partition coefficient (Wildman–Crippen LogP) is 1.93. The Morgan fingerprint density at radius 1 is 1.00 bits per heavy atom. The second kappa shape index (κ2) is 10.6. The van der Waals surface area contributed by atoms with E-state index in [-0.39, 0.29) is 30.6 Å². The summed E-state index contributed by atoms with van der Waals surface area (Å²) < 4.78 is 42.7.